The van der Waals surface area contributed by atoms with Crippen LogP contribution in [0.3, 0.4) is 0 Å². The molecule has 0 heterocycles. The summed E-state index contributed by atoms with van der Waals surface area (Å²) in [4.78, 5) is 11.8. The Morgan fingerprint density at radius 2 is 1.85 bits per heavy atom. The van der Waals surface area contributed by atoms with E-state index in [1.54, 1.807) is 0 Å². The van der Waals surface area contributed by atoms with Crippen LogP contribution >= 0.6 is 0 Å². The Balaban J connectivity index is 1.85. The van der Waals surface area contributed by atoms with Crippen LogP contribution in [-0.2, 0) is 4.79 Å². The van der Waals surface area contributed by atoms with Crippen molar-refractivity contribution in [1.82, 2.24) is 0 Å². The normalized spacial score (nSPS) is 34.5. The number of carbonyl (C=O) groups is 1. The van der Waals surface area contributed by atoms with E-state index in [2.05, 4.69) is 0 Å². The predicted molar refractivity (Wildman–Crippen MR) is 52.3 cm³/mol. The van der Waals surface area contributed by atoms with Crippen molar-refractivity contribution in [3.63, 3.8) is 0 Å². The summed E-state index contributed by atoms with van der Waals surface area (Å²) in [5.41, 5.74) is 5.96. The van der Waals surface area contributed by atoms with Crippen LogP contribution in [0.25, 0.3) is 0 Å². The van der Waals surface area contributed by atoms with Crippen LogP contribution in [0.1, 0.15) is 44.9 Å². The molecule has 0 aliphatic heterocycles. The van der Waals surface area contributed by atoms with Crippen LogP contribution < -0.4 is 5.73 Å². The van der Waals surface area contributed by atoms with Crippen LogP contribution in [0.15, 0.2) is 0 Å². The monoisotopic (exact) mass is 181 g/mol. The van der Waals surface area contributed by atoms with E-state index in [0.717, 1.165) is 25.2 Å². The van der Waals surface area contributed by atoms with Gasteiger partial charge in [0.1, 0.15) is 5.78 Å². The highest BCUT2D eigenvalue weighted by Gasteiger charge is 2.32. The third-order valence-corrected chi connectivity index (χ3v) is 3.42. The molecule has 13 heavy (non-hydrogen) atoms. The fourth-order valence-electron chi connectivity index (χ4n) is 2.32. The van der Waals surface area contributed by atoms with E-state index in [1.807, 2.05) is 0 Å². The van der Waals surface area contributed by atoms with Gasteiger partial charge in [-0.15, -0.1) is 0 Å². The zero-order valence-electron chi connectivity index (χ0n) is 8.17. The molecule has 2 N–H and O–H groups in total. The van der Waals surface area contributed by atoms with Crippen molar-refractivity contribution in [2.45, 2.75) is 51.0 Å². The molecule has 2 aliphatic rings. The summed E-state index contributed by atoms with van der Waals surface area (Å²) in [5, 5.41) is 0. The van der Waals surface area contributed by atoms with Gasteiger partial charge in [0.25, 0.3) is 0 Å². The Kier molecular flexibility index (Phi) is 2.68. The van der Waals surface area contributed by atoms with Gasteiger partial charge in [0.2, 0.25) is 0 Å². The second kappa shape index (κ2) is 3.79. The molecule has 0 bridgehead atoms. The number of nitrogens with two attached hydrogens (primary N) is 1. The van der Waals surface area contributed by atoms with E-state index in [-0.39, 0.29) is 12.0 Å². The first-order chi connectivity index (χ1) is 6.27. The fraction of sp³-hybridized carbons (Fsp3) is 0.909. The van der Waals surface area contributed by atoms with E-state index in [4.69, 9.17) is 5.73 Å². The highest BCUT2D eigenvalue weighted by molar-refractivity contribution is 5.82. The van der Waals surface area contributed by atoms with Gasteiger partial charge in [0.05, 0.1) is 0 Å². The molecule has 0 aromatic rings. The molecule has 0 radical (unpaired) electrons. The molecule has 2 rings (SSSR count). The SMILES string of the molecule is NC1CCCCC1C(=O)CC1CC1. The van der Waals surface area contributed by atoms with Gasteiger partial charge < -0.3 is 5.73 Å². The zero-order chi connectivity index (χ0) is 9.26. The molecular formula is C11H19NO. The second-order valence-corrected chi connectivity index (χ2v) is 4.67. The van der Waals surface area contributed by atoms with Crippen LogP contribution in [-0.4, -0.2) is 11.8 Å². The minimum absolute atomic E-state index is 0.167. The molecule has 0 aromatic heterocycles. The maximum atomic E-state index is 11.8. The van der Waals surface area contributed by atoms with Gasteiger partial charge in [-0.25, -0.2) is 0 Å². The summed E-state index contributed by atoms with van der Waals surface area (Å²) in [6.45, 7) is 0. The zero-order valence-corrected chi connectivity index (χ0v) is 8.17. The van der Waals surface area contributed by atoms with Crippen molar-refractivity contribution in [2.24, 2.45) is 17.6 Å². The number of Topliss-reactive ketones (excluding diaryl/α,β-unsaturated/α-hetero) is 1. The molecule has 0 aromatic carbocycles. The lowest BCUT2D eigenvalue weighted by Gasteiger charge is -2.27. The molecule has 2 unspecified atom stereocenters. The number of rotatable bonds is 3. The van der Waals surface area contributed by atoms with Gasteiger partial charge in [-0.2, -0.15) is 0 Å². The first-order valence-corrected chi connectivity index (χ1v) is 5.55. The van der Waals surface area contributed by atoms with Crippen molar-refractivity contribution in [2.75, 3.05) is 0 Å². The van der Waals surface area contributed by atoms with E-state index in [0.29, 0.717) is 5.78 Å². The van der Waals surface area contributed by atoms with Crippen molar-refractivity contribution < 1.29 is 4.79 Å². The van der Waals surface area contributed by atoms with Crippen molar-refractivity contribution in [3.8, 4) is 0 Å². The predicted octanol–water partition coefficient (Wildman–Crippen LogP) is 1.87. The van der Waals surface area contributed by atoms with Crippen molar-refractivity contribution in [1.29, 1.82) is 0 Å². The average molecular weight is 181 g/mol. The number of ketones is 1. The topological polar surface area (TPSA) is 43.1 Å². The molecule has 74 valence electrons. The fourth-order valence-corrected chi connectivity index (χ4v) is 2.32. The molecule has 0 spiro atoms. The minimum Gasteiger partial charge on any atom is -0.327 e. The van der Waals surface area contributed by atoms with E-state index in [1.165, 1.54) is 25.7 Å². The quantitative estimate of drug-likeness (QED) is 0.722. The molecule has 2 fully saturated rings. The van der Waals surface area contributed by atoms with Gasteiger partial charge in [-0.05, 0) is 31.6 Å². The Morgan fingerprint density at radius 3 is 2.46 bits per heavy atom. The van der Waals surface area contributed by atoms with Crippen LogP contribution in [0.5, 0.6) is 0 Å². The van der Waals surface area contributed by atoms with Gasteiger partial charge in [-0.3, -0.25) is 4.79 Å². The summed E-state index contributed by atoms with van der Waals surface area (Å²) in [5.74, 6) is 1.38. The number of hydrogen-bond acceptors (Lipinski definition) is 2. The van der Waals surface area contributed by atoms with Gasteiger partial charge in [0.15, 0.2) is 0 Å². The summed E-state index contributed by atoms with van der Waals surface area (Å²) in [7, 11) is 0. The van der Waals surface area contributed by atoms with E-state index < -0.39 is 0 Å². The van der Waals surface area contributed by atoms with Crippen LogP contribution in [0.2, 0.25) is 0 Å². The Hall–Kier alpha value is -0.370. The molecular weight excluding hydrogens is 162 g/mol. The smallest absolute Gasteiger partial charge is 0.137 e. The summed E-state index contributed by atoms with van der Waals surface area (Å²) in [6.07, 6.45) is 7.89. The summed E-state index contributed by atoms with van der Waals surface area (Å²) >= 11 is 0. The lowest BCUT2D eigenvalue weighted by atomic mass is 9.81. The van der Waals surface area contributed by atoms with Crippen molar-refractivity contribution in [3.05, 3.63) is 0 Å². The molecule has 2 aliphatic carbocycles. The van der Waals surface area contributed by atoms with Gasteiger partial charge in [0, 0.05) is 18.4 Å². The lowest BCUT2D eigenvalue weighted by molar-refractivity contribution is -0.124. The summed E-state index contributed by atoms with van der Waals surface area (Å²) < 4.78 is 0. The van der Waals surface area contributed by atoms with Gasteiger partial charge >= 0.3 is 0 Å². The van der Waals surface area contributed by atoms with Crippen LogP contribution in [0.4, 0.5) is 0 Å². The third-order valence-electron chi connectivity index (χ3n) is 3.42. The highest BCUT2D eigenvalue weighted by atomic mass is 16.1. The second-order valence-electron chi connectivity index (χ2n) is 4.67. The number of carbonyl (C=O) groups excluding carboxylic acids is 1. The first kappa shape index (κ1) is 9.20. The average Bonchev–Trinajstić information content (AvgIpc) is 2.89. The summed E-state index contributed by atoms with van der Waals surface area (Å²) in [6, 6.07) is 0.167. The minimum atomic E-state index is 0.167. The largest absolute Gasteiger partial charge is 0.327 e. The third kappa shape index (κ3) is 2.31. The first-order valence-electron chi connectivity index (χ1n) is 5.55. The molecule has 2 saturated carbocycles. The Bertz CT molecular complexity index is 198. The number of hydrogen-bond donors (Lipinski definition) is 1. The molecule has 2 nitrogen and oxygen atoms in total. The van der Waals surface area contributed by atoms with Gasteiger partial charge in [-0.1, -0.05) is 12.8 Å². The molecule has 0 saturated heterocycles. The molecule has 2 heteroatoms. The Morgan fingerprint density at radius 1 is 1.15 bits per heavy atom. The maximum Gasteiger partial charge on any atom is 0.137 e. The Labute approximate surface area is 79.9 Å². The molecule has 2 atom stereocenters. The molecule has 0 amide bonds. The van der Waals surface area contributed by atoms with Crippen LogP contribution in [0, 0.1) is 11.8 Å². The standard InChI is InChI=1S/C11H19NO/c12-10-4-2-1-3-9(10)11(13)7-8-5-6-8/h8-10H,1-7,12H2. The highest BCUT2D eigenvalue weighted by Crippen LogP contribution is 2.35. The van der Waals surface area contributed by atoms with E-state index >= 15 is 0 Å². The van der Waals surface area contributed by atoms with Crippen molar-refractivity contribution >= 4 is 5.78 Å². The maximum absolute atomic E-state index is 11.8. The lowest BCUT2D eigenvalue weighted by Crippen LogP contribution is -2.38. The van der Waals surface area contributed by atoms with E-state index in [9.17, 15) is 4.79 Å².